The van der Waals surface area contributed by atoms with Gasteiger partial charge in [0.25, 0.3) is 0 Å². The summed E-state index contributed by atoms with van der Waals surface area (Å²) < 4.78 is 44.3. The van der Waals surface area contributed by atoms with E-state index in [1.807, 2.05) is 0 Å². The molecule has 160 valence electrons. The molecule has 1 aromatic heterocycles. The molecule has 6 nitrogen and oxygen atoms in total. The monoisotopic (exact) mass is 413 g/mol. The largest absolute Gasteiger partial charge is 0.466 e. The van der Waals surface area contributed by atoms with Gasteiger partial charge < -0.3 is 15.4 Å². The highest BCUT2D eigenvalue weighted by atomic mass is 19.4. The summed E-state index contributed by atoms with van der Waals surface area (Å²) in [6, 6.07) is 0.857. The predicted molar refractivity (Wildman–Crippen MR) is 98.4 cm³/mol. The van der Waals surface area contributed by atoms with E-state index in [2.05, 4.69) is 4.98 Å². The standard InChI is InChI=1S/C20H26F3N3O3/c1-3-29-17(27)12(2)19(6-4-15(24)9-19)18(28)26-7-5-16-13(11-26)8-14(10-25-16)20(21,22)23/h8,10,12,15H,3-7,9,11,24H2,1-2H3. The lowest BCUT2D eigenvalue weighted by Crippen LogP contribution is -2.50. The Morgan fingerprint density at radius 2 is 2.17 bits per heavy atom. The van der Waals surface area contributed by atoms with E-state index in [-0.39, 0.29) is 25.1 Å². The van der Waals surface area contributed by atoms with Crippen molar-refractivity contribution in [2.45, 2.75) is 58.3 Å². The fraction of sp³-hybridized carbons (Fsp3) is 0.650. The summed E-state index contributed by atoms with van der Waals surface area (Å²) >= 11 is 0. The number of hydrogen-bond acceptors (Lipinski definition) is 5. The number of nitrogens with zero attached hydrogens (tertiary/aromatic N) is 2. The van der Waals surface area contributed by atoms with E-state index in [0.29, 0.717) is 43.5 Å². The second kappa shape index (κ2) is 7.93. The van der Waals surface area contributed by atoms with Gasteiger partial charge in [-0.15, -0.1) is 0 Å². The Hall–Kier alpha value is -2.16. The van der Waals surface area contributed by atoms with Gasteiger partial charge in [-0.2, -0.15) is 13.2 Å². The number of alkyl halides is 3. The van der Waals surface area contributed by atoms with Crippen molar-refractivity contribution in [2.24, 2.45) is 17.1 Å². The third-order valence-electron chi connectivity index (χ3n) is 6.14. The average molecular weight is 413 g/mol. The number of aromatic nitrogens is 1. The van der Waals surface area contributed by atoms with Crippen molar-refractivity contribution in [1.82, 2.24) is 9.88 Å². The molecule has 1 aromatic rings. The quantitative estimate of drug-likeness (QED) is 0.767. The Morgan fingerprint density at radius 1 is 1.45 bits per heavy atom. The number of rotatable bonds is 4. The van der Waals surface area contributed by atoms with Crippen LogP contribution in [0.4, 0.5) is 13.2 Å². The molecule has 0 aromatic carbocycles. The average Bonchev–Trinajstić information content (AvgIpc) is 3.08. The molecule has 1 aliphatic heterocycles. The molecular formula is C20H26F3N3O3. The Balaban J connectivity index is 1.87. The number of halogens is 3. The molecule has 2 heterocycles. The highest BCUT2D eigenvalue weighted by molar-refractivity contribution is 5.89. The number of nitrogens with two attached hydrogens (primary N) is 1. The smallest absolute Gasteiger partial charge is 0.417 e. The van der Waals surface area contributed by atoms with Crippen LogP contribution in [0.5, 0.6) is 0 Å². The molecular weight excluding hydrogens is 387 g/mol. The van der Waals surface area contributed by atoms with Gasteiger partial charge in [0, 0.05) is 37.4 Å². The minimum absolute atomic E-state index is 0.0393. The molecule has 3 rings (SSSR count). The summed E-state index contributed by atoms with van der Waals surface area (Å²) in [6.07, 6.45) is -1.87. The summed E-state index contributed by atoms with van der Waals surface area (Å²) in [7, 11) is 0. The molecule has 2 N–H and O–H groups in total. The van der Waals surface area contributed by atoms with E-state index in [1.54, 1.807) is 13.8 Å². The van der Waals surface area contributed by atoms with Gasteiger partial charge in [0.1, 0.15) is 0 Å². The first kappa shape index (κ1) is 21.5. The maximum Gasteiger partial charge on any atom is 0.417 e. The number of ether oxygens (including phenoxy) is 1. The number of amides is 1. The van der Waals surface area contributed by atoms with Gasteiger partial charge in [-0.25, -0.2) is 0 Å². The lowest BCUT2D eigenvalue weighted by Gasteiger charge is -2.39. The van der Waals surface area contributed by atoms with Crippen LogP contribution in [0.3, 0.4) is 0 Å². The maximum absolute atomic E-state index is 13.5. The van der Waals surface area contributed by atoms with Crippen LogP contribution < -0.4 is 5.73 Å². The summed E-state index contributed by atoms with van der Waals surface area (Å²) in [5.41, 5.74) is 5.21. The third-order valence-corrected chi connectivity index (χ3v) is 6.14. The van der Waals surface area contributed by atoms with Crippen molar-refractivity contribution >= 4 is 11.9 Å². The number of carbonyl (C=O) groups excluding carboxylic acids is 2. The van der Waals surface area contributed by atoms with Gasteiger partial charge in [0.15, 0.2) is 0 Å². The van der Waals surface area contributed by atoms with E-state index < -0.39 is 29.0 Å². The molecule has 1 aliphatic carbocycles. The molecule has 2 aliphatic rings. The second-order valence-electron chi connectivity index (χ2n) is 7.94. The van der Waals surface area contributed by atoms with Crippen molar-refractivity contribution in [3.63, 3.8) is 0 Å². The lowest BCUT2D eigenvalue weighted by molar-refractivity contribution is -0.161. The zero-order valence-corrected chi connectivity index (χ0v) is 16.6. The molecule has 1 fully saturated rings. The Kier molecular flexibility index (Phi) is 5.89. The van der Waals surface area contributed by atoms with Crippen LogP contribution in [0.1, 0.15) is 49.9 Å². The van der Waals surface area contributed by atoms with Crippen molar-refractivity contribution in [1.29, 1.82) is 0 Å². The molecule has 9 heteroatoms. The minimum Gasteiger partial charge on any atom is -0.466 e. The zero-order chi connectivity index (χ0) is 21.4. The predicted octanol–water partition coefficient (Wildman–Crippen LogP) is 2.68. The van der Waals surface area contributed by atoms with E-state index in [1.165, 1.54) is 4.90 Å². The molecule has 0 spiro atoms. The van der Waals surface area contributed by atoms with Crippen LogP contribution in [-0.2, 0) is 33.5 Å². The highest BCUT2D eigenvalue weighted by Gasteiger charge is 2.53. The molecule has 3 unspecified atom stereocenters. The van der Waals surface area contributed by atoms with Crippen LogP contribution in [0.2, 0.25) is 0 Å². The van der Waals surface area contributed by atoms with Crippen LogP contribution in [0, 0.1) is 11.3 Å². The van der Waals surface area contributed by atoms with Gasteiger partial charge >= 0.3 is 12.1 Å². The Labute approximate surface area is 167 Å². The number of hydrogen-bond donors (Lipinski definition) is 1. The fourth-order valence-corrected chi connectivity index (χ4v) is 4.45. The van der Waals surface area contributed by atoms with Crippen LogP contribution in [0.15, 0.2) is 12.3 Å². The number of fused-ring (bicyclic) bond motifs is 1. The van der Waals surface area contributed by atoms with Crippen molar-refractivity contribution in [3.8, 4) is 0 Å². The van der Waals surface area contributed by atoms with Gasteiger partial charge in [0.2, 0.25) is 5.91 Å². The molecule has 3 atom stereocenters. The highest BCUT2D eigenvalue weighted by Crippen LogP contribution is 2.46. The van der Waals surface area contributed by atoms with Crippen LogP contribution in [-0.4, -0.2) is 41.0 Å². The normalized spacial score (nSPS) is 25.4. The van der Waals surface area contributed by atoms with Crippen molar-refractivity contribution in [2.75, 3.05) is 13.2 Å². The lowest BCUT2D eigenvalue weighted by atomic mass is 9.73. The van der Waals surface area contributed by atoms with Gasteiger partial charge in [-0.3, -0.25) is 14.6 Å². The number of carbonyl (C=O) groups is 2. The zero-order valence-electron chi connectivity index (χ0n) is 16.6. The number of pyridine rings is 1. The first-order chi connectivity index (χ1) is 13.6. The van der Waals surface area contributed by atoms with E-state index >= 15 is 0 Å². The van der Waals surface area contributed by atoms with E-state index in [4.69, 9.17) is 10.5 Å². The molecule has 0 saturated heterocycles. The number of esters is 1. The molecule has 1 amide bonds. The summed E-state index contributed by atoms with van der Waals surface area (Å²) in [6.45, 7) is 3.97. The van der Waals surface area contributed by atoms with Crippen molar-refractivity contribution < 1.29 is 27.5 Å². The van der Waals surface area contributed by atoms with Gasteiger partial charge in [0.05, 0.1) is 23.5 Å². The maximum atomic E-state index is 13.5. The first-order valence-corrected chi connectivity index (χ1v) is 9.85. The molecule has 0 radical (unpaired) electrons. The van der Waals surface area contributed by atoms with Crippen LogP contribution in [0.25, 0.3) is 0 Å². The third kappa shape index (κ3) is 4.10. The van der Waals surface area contributed by atoms with Gasteiger partial charge in [-0.1, -0.05) is 6.92 Å². The van der Waals surface area contributed by atoms with Gasteiger partial charge in [-0.05, 0) is 37.8 Å². The fourth-order valence-electron chi connectivity index (χ4n) is 4.45. The van der Waals surface area contributed by atoms with Crippen molar-refractivity contribution in [3.05, 3.63) is 29.1 Å². The molecule has 29 heavy (non-hydrogen) atoms. The minimum atomic E-state index is -4.49. The molecule has 1 saturated carbocycles. The van der Waals surface area contributed by atoms with Crippen LogP contribution >= 0.6 is 0 Å². The summed E-state index contributed by atoms with van der Waals surface area (Å²) in [4.78, 5) is 31.4. The first-order valence-electron chi connectivity index (χ1n) is 9.85. The van der Waals surface area contributed by atoms with E-state index in [0.717, 1.165) is 12.3 Å². The SMILES string of the molecule is CCOC(=O)C(C)C1(C(=O)N2CCc3ncc(C(F)(F)F)cc3C2)CCC(N)C1. The molecule has 0 bridgehead atoms. The second-order valence-corrected chi connectivity index (χ2v) is 7.94. The summed E-state index contributed by atoms with van der Waals surface area (Å²) in [5, 5.41) is 0. The summed E-state index contributed by atoms with van der Waals surface area (Å²) in [5.74, 6) is -1.37. The Bertz CT molecular complexity index is 799. The van der Waals surface area contributed by atoms with E-state index in [9.17, 15) is 22.8 Å². The Morgan fingerprint density at radius 3 is 2.76 bits per heavy atom. The topological polar surface area (TPSA) is 85.5 Å².